The molecule has 0 aliphatic carbocycles. The monoisotopic (exact) mass is 380 g/mol. The van der Waals surface area contributed by atoms with Crippen molar-refractivity contribution in [2.75, 3.05) is 32.1 Å². The molecule has 136 valence electrons. The second kappa shape index (κ2) is 8.16. The second-order valence-electron chi connectivity index (χ2n) is 5.80. The number of hydrogen-bond acceptors (Lipinski definition) is 7. The lowest BCUT2D eigenvalue weighted by Crippen LogP contribution is -2.32. The van der Waals surface area contributed by atoms with Gasteiger partial charge in [-0.3, -0.25) is 4.90 Å². The highest BCUT2D eigenvalue weighted by molar-refractivity contribution is 7.73. The number of nitrogens with zero attached hydrogens (tertiary/aromatic N) is 3. The van der Waals surface area contributed by atoms with Gasteiger partial charge in [0.1, 0.15) is 0 Å². The summed E-state index contributed by atoms with van der Waals surface area (Å²) in [5.74, 6) is 1.67. The highest BCUT2D eigenvalue weighted by Gasteiger charge is 2.20. The standard InChI is InChI=1S/C17H24N4O2S2/c1-4-22-14-8-12-6-7-20(10-13(12)9-15(14)23-5-2)11-21-17(24)25-16(18-3)19-21/h8-9H,4-7,10-11H2,1-3H3,(H,18,19). The summed E-state index contributed by atoms with van der Waals surface area (Å²) in [7, 11) is 1.86. The molecule has 2 heterocycles. The number of ether oxygens (including phenoxy) is 2. The SMILES string of the molecule is CCOc1cc2c(cc1OCC)CN(Cn1nc(NC)sc1=S)CC2. The van der Waals surface area contributed by atoms with Gasteiger partial charge < -0.3 is 14.8 Å². The Hall–Kier alpha value is -1.64. The molecule has 1 aromatic heterocycles. The molecule has 0 bridgehead atoms. The van der Waals surface area contributed by atoms with Crippen LogP contribution in [0.2, 0.25) is 0 Å². The van der Waals surface area contributed by atoms with Crippen molar-refractivity contribution in [2.24, 2.45) is 0 Å². The van der Waals surface area contributed by atoms with Gasteiger partial charge in [-0.2, -0.15) is 0 Å². The maximum atomic E-state index is 5.76. The minimum atomic E-state index is 0.628. The van der Waals surface area contributed by atoms with Crippen LogP contribution in [0.15, 0.2) is 12.1 Å². The van der Waals surface area contributed by atoms with E-state index in [0.29, 0.717) is 19.9 Å². The van der Waals surface area contributed by atoms with E-state index in [0.717, 1.165) is 40.1 Å². The maximum Gasteiger partial charge on any atom is 0.204 e. The minimum absolute atomic E-state index is 0.628. The Balaban J connectivity index is 1.79. The van der Waals surface area contributed by atoms with Gasteiger partial charge in [-0.1, -0.05) is 11.3 Å². The normalized spacial score (nSPS) is 14.2. The van der Waals surface area contributed by atoms with Crippen LogP contribution in [0.1, 0.15) is 25.0 Å². The van der Waals surface area contributed by atoms with Gasteiger partial charge in [0, 0.05) is 20.1 Å². The van der Waals surface area contributed by atoms with Gasteiger partial charge in [0.25, 0.3) is 0 Å². The molecule has 0 fully saturated rings. The van der Waals surface area contributed by atoms with E-state index in [1.807, 2.05) is 25.6 Å². The van der Waals surface area contributed by atoms with E-state index in [4.69, 9.17) is 21.7 Å². The van der Waals surface area contributed by atoms with Gasteiger partial charge in [-0.15, -0.1) is 5.10 Å². The first-order valence-electron chi connectivity index (χ1n) is 8.54. The lowest BCUT2D eigenvalue weighted by Gasteiger charge is -2.29. The van der Waals surface area contributed by atoms with E-state index < -0.39 is 0 Å². The van der Waals surface area contributed by atoms with Crippen molar-refractivity contribution in [1.82, 2.24) is 14.7 Å². The number of fused-ring (bicyclic) bond motifs is 1. The molecule has 1 aliphatic rings. The predicted octanol–water partition coefficient (Wildman–Crippen LogP) is 3.53. The molecular formula is C17H24N4O2S2. The molecule has 0 amide bonds. The number of anilines is 1. The van der Waals surface area contributed by atoms with Gasteiger partial charge >= 0.3 is 0 Å². The van der Waals surface area contributed by atoms with Gasteiger partial charge in [-0.05, 0) is 55.7 Å². The van der Waals surface area contributed by atoms with Gasteiger partial charge in [0.15, 0.2) is 15.5 Å². The molecule has 0 radical (unpaired) electrons. The molecule has 1 N–H and O–H groups in total. The molecule has 0 unspecified atom stereocenters. The molecule has 8 heteroatoms. The number of rotatable bonds is 7. The van der Waals surface area contributed by atoms with Gasteiger partial charge in [-0.25, -0.2) is 4.68 Å². The Labute approximate surface area is 157 Å². The molecule has 1 aliphatic heterocycles. The van der Waals surface area contributed by atoms with E-state index >= 15 is 0 Å². The Bertz CT molecular complexity index is 787. The maximum absolute atomic E-state index is 5.76. The third kappa shape index (κ3) is 4.13. The van der Waals surface area contributed by atoms with Crippen molar-refractivity contribution in [2.45, 2.75) is 33.5 Å². The van der Waals surface area contributed by atoms with Crippen molar-refractivity contribution < 1.29 is 9.47 Å². The zero-order chi connectivity index (χ0) is 17.8. The summed E-state index contributed by atoms with van der Waals surface area (Å²) in [6.45, 7) is 7.78. The molecule has 3 rings (SSSR count). The van der Waals surface area contributed by atoms with Crippen LogP contribution in [-0.4, -0.2) is 41.5 Å². The van der Waals surface area contributed by atoms with Crippen LogP contribution < -0.4 is 14.8 Å². The largest absolute Gasteiger partial charge is 0.490 e. The van der Waals surface area contributed by atoms with Crippen molar-refractivity contribution >= 4 is 28.7 Å². The fourth-order valence-corrected chi connectivity index (χ4v) is 3.91. The summed E-state index contributed by atoms with van der Waals surface area (Å²) in [6.07, 6.45) is 0.984. The zero-order valence-corrected chi connectivity index (χ0v) is 16.5. The number of nitrogens with one attached hydrogen (secondary N) is 1. The summed E-state index contributed by atoms with van der Waals surface area (Å²) in [5.41, 5.74) is 2.62. The fourth-order valence-electron chi connectivity index (χ4n) is 2.97. The van der Waals surface area contributed by atoms with Gasteiger partial charge in [0.2, 0.25) is 5.13 Å². The number of benzene rings is 1. The van der Waals surface area contributed by atoms with Crippen molar-refractivity contribution in [3.05, 3.63) is 27.2 Å². The van der Waals surface area contributed by atoms with Crippen LogP contribution >= 0.6 is 23.6 Å². The van der Waals surface area contributed by atoms with E-state index in [-0.39, 0.29) is 0 Å². The van der Waals surface area contributed by atoms with Crippen LogP contribution in [0.5, 0.6) is 11.5 Å². The van der Waals surface area contributed by atoms with E-state index in [9.17, 15) is 0 Å². The predicted molar refractivity (Wildman–Crippen MR) is 103 cm³/mol. The first-order valence-corrected chi connectivity index (χ1v) is 9.76. The average molecular weight is 381 g/mol. The Morgan fingerprint density at radius 2 is 1.88 bits per heavy atom. The first kappa shape index (κ1) is 18.2. The van der Waals surface area contributed by atoms with E-state index in [2.05, 4.69) is 27.4 Å². The molecule has 1 aromatic carbocycles. The van der Waals surface area contributed by atoms with Crippen LogP contribution in [0.4, 0.5) is 5.13 Å². The fraction of sp³-hybridized carbons (Fsp3) is 0.529. The zero-order valence-electron chi connectivity index (χ0n) is 14.9. The highest BCUT2D eigenvalue weighted by atomic mass is 32.1. The third-order valence-electron chi connectivity index (χ3n) is 4.11. The summed E-state index contributed by atoms with van der Waals surface area (Å²) < 4.78 is 14.2. The molecule has 0 spiro atoms. The Morgan fingerprint density at radius 1 is 1.20 bits per heavy atom. The third-order valence-corrected chi connectivity index (χ3v) is 5.44. The minimum Gasteiger partial charge on any atom is -0.490 e. The van der Waals surface area contributed by atoms with E-state index in [1.165, 1.54) is 22.5 Å². The van der Waals surface area contributed by atoms with Crippen LogP contribution in [0.3, 0.4) is 0 Å². The Kier molecular flexibility index (Phi) is 5.93. The topological polar surface area (TPSA) is 51.6 Å². The summed E-state index contributed by atoms with van der Waals surface area (Å²) >= 11 is 6.90. The van der Waals surface area contributed by atoms with Crippen LogP contribution in [-0.2, 0) is 19.6 Å². The molecule has 0 saturated carbocycles. The van der Waals surface area contributed by atoms with Gasteiger partial charge in [0.05, 0.1) is 19.9 Å². The lowest BCUT2D eigenvalue weighted by atomic mass is 9.99. The molecule has 6 nitrogen and oxygen atoms in total. The molecular weight excluding hydrogens is 356 g/mol. The lowest BCUT2D eigenvalue weighted by molar-refractivity contribution is 0.188. The number of aromatic nitrogens is 2. The van der Waals surface area contributed by atoms with Crippen molar-refractivity contribution in [3.8, 4) is 11.5 Å². The van der Waals surface area contributed by atoms with Crippen molar-refractivity contribution in [1.29, 1.82) is 0 Å². The first-order chi connectivity index (χ1) is 12.1. The smallest absolute Gasteiger partial charge is 0.204 e. The van der Waals surface area contributed by atoms with Crippen LogP contribution in [0.25, 0.3) is 0 Å². The molecule has 0 saturated heterocycles. The van der Waals surface area contributed by atoms with Crippen molar-refractivity contribution in [3.63, 3.8) is 0 Å². The highest BCUT2D eigenvalue weighted by Crippen LogP contribution is 2.34. The average Bonchev–Trinajstić information content (AvgIpc) is 2.96. The quantitative estimate of drug-likeness (QED) is 0.742. The molecule has 25 heavy (non-hydrogen) atoms. The van der Waals surface area contributed by atoms with E-state index in [1.54, 1.807) is 0 Å². The molecule has 2 aromatic rings. The van der Waals surface area contributed by atoms with Crippen LogP contribution in [0, 0.1) is 3.95 Å². The summed E-state index contributed by atoms with van der Waals surface area (Å²) in [6, 6.07) is 4.25. The summed E-state index contributed by atoms with van der Waals surface area (Å²) in [4.78, 5) is 2.35. The number of hydrogen-bond donors (Lipinski definition) is 1. The second-order valence-corrected chi connectivity index (χ2v) is 7.42. The summed E-state index contributed by atoms with van der Waals surface area (Å²) in [5, 5.41) is 8.40. The molecule has 0 atom stereocenters. The Morgan fingerprint density at radius 3 is 2.48 bits per heavy atom.